The quantitative estimate of drug-likeness (QED) is 0.885. The Morgan fingerprint density at radius 2 is 2.32 bits per heavy atom. The summed E-state index contributed by atoms with van der Waals surface area (Å²) in [6.45, 7) is 5.42. The van der Waals surface area contributed by atoms with E-state index in [1.54, 1.807) is 0 Å². The molecule has 3 rings (SSSR count). The zero-order valence-electron chi connectivity index (χ0n) is 11.4. The molecule has 2 heterocycles. The second-order valence-electron chi connectivity index (χ2n) is 5.48. The number of aryl methyl sites for hydroxylation is 1. The van der Waals surface area contributed by atoms with Crippen LogP contribution in [0.1, 0.15) is 18.4 Å². The van der Waals surface area contributed by atoms with Crippen LogP contribution >= 0.6 is 0 Å². The largest absolute Gasteiger partial charge is 0.369 e. The third-order valence-corrected chi connectivity index (χ3v) is 3.88. The average molecular weight is 255 g/mol. The molecule has 2 N–H and O–H groups in total. The Morgan fingerprint density at radius 3 is 3.16 bits per heavy atom. The van der Waals surface area contributed by atoms with Crippen LogP contribution in [0.15, 0.2) is 30.5 Å². The molecule has 1 aliphatic rings. The lowest BCUT2D eigenvalue weighted by Crippen LogP contribution is -2.33. The second-order valence-corrected chi connectivity index (χ2v) is 5.48. The Labute approximate surface area is 114 Å². The maximum Gasteiger partial charge on any atom is 0.133 e. The van der Waals surface area contributed by atoms with Gasteiger partial charge in [0.25, 0.3) is 0 Å². The van der Waals surface area contributed by atoms with Gasteiger partial charge in [0.05, 0.1) is 0 Å². The lowest BCUT2D eigenvalue weighted by molar-refractivity contribution is 0.393. The van der Waals surface area contributed by atoms with Crippen molar-refractivity contribution in [2.75, 3.05) is 25.0 Å². The average Bonchev–Trinajstić information content (AvgIpc) is 2.45. The van der Waals surface area contributed by atoms with Crippen molar-refractivity contribution < 1.29 is 0 Å². The van der Waals surface area contributed by atoms with Crippen LogP contribution in [0, 0.1) is 12.8 Å². The minimum Gasteiger partial charge on any atom is -0.369 e. The van der Waals surface area contributed by atoms with Crippen LogP contribution in [0.2, 0.25) is 0 Å². The van der Waals surface area contributed by atoms with E-state index in [4.69, 9.17) is 0 Å². The number of fused-ring (bicyclic) bond motifs is 1. The van der Waals surface area contributed by atoms with Crippen molar-refractivity contribution in [3.63, 3.8) is 0 Å². The van der Waals surface area contributed by atoms with Gasteiger partial charge in [-0.05, 0) is 50.2 Å². The van der Waals surface area contributed by atoms with Crippen molar-refractivity contribution in [1.29, 1.82) is 0 Å². The maximum atomic E-state index is 4.49. The second kappa shape index (κ2) is 5.57. The molecule has 1 fully saturated rings. The van der Waals surface area contributed by atoms with Crippen LogP contribution in [-0.4, -0.2) is 24.6 Å². The highest BCUT2D eigenvalue weighted by Gasteiger charge is 2.13. The first kappa shape index (κ1) is 12.4. The number of piperidine rings is 1. The summed E-state index contributed by atoms with van der Waals surface area (Å²) in [6, 6.07) is 8.61. The number of hydrogen-bond acceptors (Lipinski definition) is 3. The zero-order valence-corrected chi connectivity index (χ0v) is 11.4. The van der Waals surface area contributed by atoms with Gasteiger partial charge in [-0.2, -0.15) is 0 Å². The van der Waals surface area contributed by atoms with Gasteiger partial charge in [0, 0.05) is 18.1 Å². The van der Waals surface area contributed by atoms with Crippen molar-refractivity contribution in [3.8, 4) is 0 Å². The molecular formula is C16H21N3. The lowest BCUT2D eigenvalue weighted by atomic mass is 10.00. The van der Waals surface area contributed by atoms with Gasteiger partial charge in [0.1, 0.15) is 5.82 Å². The number of nitrogens with one attached hydrogen (secondary N) is 2. The first-order valence-corrected chi connectivity index (χ1v) is 7.13. The smallest absolute Gasteiger partial charge is 0.133 e. The summed E-state index contributed by atoms with van der Waals surface area (Å²) in [4.78, 5) is 4.49. The van der Waals surface area contributed by atoms with E-state index >= 15 is 0 Å². The third kappa shape index (κ3) is 2.87. The fraction of sp³-hybridized carbons (Fsp3) is 0.438. The number of pyridine rings is 1. The molecule has 3 heteroatoms. The van der Waals surface area contributed by atoms with Crippen molar-refractivity contribution >= 4 is 16.6 Å². The van der Waals surface area contributed by atoms with Crippen molar-refractivity contribution in [2.24, 2.45) is 5.92 Å². The number of benzene rings is 1. The van der Waals surface area contributed by atoms with Crippen LogP contribution in [0.3, 0.4) is 0 Å². The molecule has 100 valence electrons. The number of aromatic nitrogens is 1. The van der Waals surface area contributed by atoms with Crippen LogP contribution in [-0.2, 0) is 0 Å². The number of anilines is 1. The molecule has 0 amide bonds. The predicted molar refractivity (Wildman–Crippen MR) is 80.6 cm³/mol. The molecule has 1 aromatic carbocycles. The van der Waals surface area contributed by atoms with Gasteiger partial charge in [-0.15, -0.1) is 0 Å². The maximum absolute atomic E-state index is 4.49. The third-order valence-electron chi connectivity index (χ3n) is 3.88. The molecule has 1 aliphatic heterocycles. The molecule has 0 aliphatic carbocycles. The van der Waals surface area contributed by atoms with Crippen LogP contribution < -0.4 is 10.6 Å². The molecule has 1 unspecified atom stereocenters. The Morgan fingerprint density at radius 1 is 1.37 bits per heavy atom. The van der Waals surface area contributed by atoms with E-state index in [0.717, 1.165) is 24.8 Å². The number of nitrogens with zero attached hydrogens (tertiary/aromatic N) is 1. The molecule has 0 saturated carbocycles. The molecule has 3 nitrogen and oxygen atoms in total. The summed E-state index contributed by atoms with van der Waals surface area (Å²) >= 11 is 0. The van der Waals surface area contributed by atoms with Gasteiger partial charge in [-0.1, -0.05) is 23.8 Å². The summed E-state index contributed by atoms with van der Waals surface area (Å²) in [5, 5.41) is 9.46. The van der Waals surface area contributed by atoms with Gasteiger partial charge < -0.3 is 10.6 Å². The normalized spacial score (nSPS) is 19.5. The molecule has 1 aromatic heterocycles. The Bertz CT molecular complexity index is 559. The number of rotatable bonds is 3. The van der Waals surface area contributed by atoms with Crippen molar-refractivity contribution in [3.05, 3.63) is 36.0 Å². The Hall–Kier alpha value is -1.61. The van der Waals surface area contributed by atoms with E-state index in [2.05, 4.69) is 46.8 Å². The fourth-order valence-corrected chi connectivity index (χ4v) is 2.78. The molecule has 1 atom stereocenters. The topological polar surface area (TPSA) is 37.0 Å². The van der Waals surface area contributed by atoms with E-state index in [1.807, 2.05) is 6.20 Å². The van der Waals surface area contributed by atoms with E-state index in [-0.39, 0.29) is 0 Å². The summed E-state index contributed by atoms with van der Waals surface area (Å²) in [5.41, 5.74) is 1.29. The summed E-state index contributed by atoms with van der Waals surface area (Å²) < 4.78 is 0. The summed E-state index contributed by atoms with van der Waals surface area (Å²) in [5.74, 6) is 1.74. The first-order valence-electron chi connectivity index (χ1n) is 7.13. The molecule has 0 spiro atoms. The van der Waals surface area contributed by atoms with Gasteiger partial charge >= 0.3 is 0 Å². The predicted octanol–water partition coefficient (Wildman–Crippen LogP) is 2.95. The molecular weight excluding hydrogens is 234 g/mol. The molecule has 2 aromatic rings. The van der Waals surface area contributed by atoms with Crippen molar-refractivity contribution in [2.45, 2.75) is 19.8 Å². The van der Waals surface area contributed by atoms with E-state index in [1.165, 1.54) is 35.7 Å². The lowest BCUT2D eigenvalue weighted by Gasteiger charge is -2.23. The van der Waals surface area contributed by atoms with Crippen LogP contribution in [0.4, 0.5) is 5.82 Å². The van der Waals surface area contributed by atoms with Gasteiger partial charge in [-0.25, -0.2) is 4.98 Å². The SMILES string of the molecule is Cc1ccc2c(NCC3CCCNC3)nccc2c1. The summed E-state index contributed by atoms with van der Waals surface area (Å²) in [7, 11) is 0. The minimum atomic E-state index is 0.719. The number of hydrogen-bond donors (Lipinski definition) is 2. The highest BCUT2D eigenvalue weighted by Crippen LogP contribution is 2.22. The van der Waals surface area contributed by atoms with Gasteiger partial charge in [-0.3, -0.25) is 0 Å². The van der Waals surface area contributed by atoms with Gasteiger partial charge in [0.2, 0.25) is 0 Å². The monoisotopic (exact) mass is 255 g/mol. The van der Waals surface area contributed by atoms with E-state index in [0.29, 0.717) is 0 Å². The van der Waals surface area contributed by atoms with Crippen LogP contribution in [0.25, 0.3) is 10.8 Å². The molecule has 0 bridgehead atoms. The highest BCUT2D eigenvalue weighted by molar-refractivity contribution is 5.92. The summed E-state index contributed by atoms with van der Waals surface area (Å²) in [6.07, 6.45) is 4.49. The van der Waals surface area contributed by atoms with E-state index in [9.17, 15) is 0 Å². The minimum absolute atomic E-state index is 0.719. The van der Waals surface area contributed by atoms with Crippen LogP contribution in [0.5, 0.6) is 0 Å². The Kier molecular flexibility index (Phi) is 3.65. The van der Waals surface area contributed by atoms with E-state index < -0.39 is 0 Å². The zero-order chi connectivity index (χ0) is 13.1. The molecule has 19 heavy (non-hydrogen) atoms. The molecule has 0 radical (unpaired) electrons. The standard InChI is InChI=1S/C16H21N3/c1-12-4-5-15-14(9-12)6-8-18-16(15)19-11-13-3-2-7-17-10-13/h4-6,8-9,13,17H,2-3,7,10-11H2,1H3,(H,18,19). The highest BCUT2D eigenvalue weighted by atomic mass is 15.0. The Balaban J connectivity index is 1.76. The molecule has 1 saturated heterocycles. The first-order chi connectivity index (χ1) is 9.33. The van der Waals surface area contributed by atoms with Gasteiger partial charge in [0.15, 0.2) is 0 Å². The van der Waals surface area contributed by atoms with Crippen molar-refractivity contribution in [1.82, 2.24) is 10.3 Å². The fourth-order valence-electron chi connectivity index (χ4n) is 2.78.